The number of para-hydroxylation sites is 1. The molecule has 0 amide bonds. The maximum absolute atomic E-state index is 10.8. The van der Waals surface area contributed by atoms with Crippen molar-refractivity contribution in [3.05, 3.63) is 29.8 Å². The van der Waals surface area contributed by atoms with Crippen LogP contribution < -0.4 is 4.74 Å². The molecule has 1 N–H and O–H groups in total. The van der Waals surface area contributed by atoms with Gasteiger partial charge in [-0.2, -0.15) is 0 Å². The molecule has 1 fully saturated rings. The van der Waals surface area contributed by atoms with E-state index in [2.05, 4.69) is 18.7 Å². The molecule has 2 aliphatic rings. The first-order chi connectivity index (χ1) is 10.2. The Bertz CT molecular complexity index is 468. The zero-order valence-electron chi connectivity index (χ0n) is 13.2. The number of hydrogen-bond donors (Lipinski definition) is 1. The van der Waals surface area contributed by atoms with Gasteiger partial charge in [0.2, 0.25) is 0 Å². The minimum atomic E-state index is -0.436. The van der Waals surface area contributed by atoms with E-state index in [0.717, 1.165) is 17.9 Å². The number of aliphatic hydroxyl groups excluding tert-OH is 1. The fourth-order valence-corrected chi connectivity index (χ4v) is 3.82. The van der Waals surface area contributed by atoms with E-state index in [-0.39, 0.29) is 6.04 Å². The third kappa shape index (κ3) is 3.09. The third-order valence-electron chi connectivity index (χ3n) is 4.81. The van der Waals surface area contributed by atoms with Crippen LogP contribution in [0.15, 0.2) is 24.3 Å². The molecule has 0 saturated heterocycles. The third-order valence-corrected chi connectivity index (χ3v) is 4.81. The number of ether oxygens (including phenoxy) is 1. The summed E-state index contributed by atoms with van der Waals surface area (Å²) in [4.78, 5) is 2.53. The van der Waals surface area contributed by atoms with Crippen molar-refractivity contribution in [2.45, 2.75) is 57.7 Å². The monoisotopic (exact) mass is 289 g/mol. The second kappa shape index (κ2) is 6.37. The molecule has 1 aromatic rings. The Morgan fingerprint density at radius 1 is 1.24 bits per heavy atom. The molecule has 21 heavy (non-hydrogen) atoms. The van der Waals surface area contributed by atoms with Crippen LogP contribution in [0.5, 0.6) is 5.75 Å². The molecule has 1 aliphatic carbocycles. The van der Waals surface area contributed by atoms with Crippen LogP contribution in [0.25, 0.3) is 0 Å². The van der Waals surface area contributed by atoms with Crippen LogP contribution in [-0.4, -0.2) is 35.2 Å². The van der Waals surface area contributed by atoms with Gasteiger partial charge >= 0.3 is 0 Å². The van der Waals surface area contributed by atoms with Crippen molar-refractivity contribution in [3.63, 3.8) is 0 Å². The molecule has 3 rings (SSSR count). The Morgan fingerprint density at radius 2 is 1.95 bits per heavy atom. The fraction of sp³-hybridized carbons (Fsp3) is 0.667. The Balaban J connectivity index is 1.82. The fourth-order valence-electron chi connectivity index (χ4n) is 3.82. The second-order valence-corrected chi connectivity index (χ2v) is 6.89. The number of rotatable bonds is 4. The molecule has 3 nitrogen and oxygen atoms in total. The van der Waals surface area contributed by atoms with Crippen molar-refractivity contribution in [1.29, 1.82) is 0 Å². The highest BCUT2D eigenvalue weighted by atomic mass is 16.5. The van der Waals surface area contributed by atoms with Gasteiger partial charge in [0.1, 0.15) is 18.5 Å². The van der Waals surface area contributed by atoms with Crippen molar-refractivity contribution < 1.29 is 9.84 Å². The van der Waals surface area contributed by atoms with Crippen LogP contribution in [0, 0.1) is 5.92 Å². The molecule has 3 heteroatoms. The quantitative estimate of drug-likeness (QED) is 0.922. The second-order valence-electron chi connectivity index (χ2n) is 6.89. The van der Waals surface area contributed by atoms with Crippen LogP contribution in [0.2, 0.25) is 0 Å². The number of hydrogen-bond acceptors (Lipinski definition) is 3. The van der Waals surface area contributed by atoms with Gasteiger partial charge in [0.25, 0.3) is 0 Å². The summed E-state index contributed by atoms with van der Waals surface area (Å²) in [6.07, 6.45) is 4.73. The number of nitrogens with zero attached hydrogens (tertiary/aromatic N) is 1. The average Bonchev–Trinajstić information content (AvgIpc) is 3.00. The molecule has 1 aromatic carbocycles. The zero-order chi connectivity index (χ0) is 14.8. The maximum Gasteiger partial charge on any atom is 0.125 e. The topological polar surface area (TPSA) is 32.7 Å². The smallest absolute Gasteiger partial charge is 0.125 e. The molecule has 1 aliphatic heterocycles. The van der Waals surface area contributed by atoms with E-state index in [0.29, 0.717) is 18.6 Å². The number of benzene rings is 1. The summed E-state index contributed by atoms with van der Waals surface area (Å²) in [7, 11) is 0. The normalized spacial score (nSPS) is 26.1. The van der Waals surface area contributed by atoms with Crippen molar-refractivity contribution in [1.82, 2.24) is 4.90 Å². The number of aliphatic hydroxyl groups is 1. The first-order valence-corrected chi connectivity index (χ1v) is 8.32. The van der Waals surface area contributed by atoms with Gasteiger partial charge in [-0.05, 0) is 24.8 Å². The van der Waals surface area contributed by atoms with Crippen LogP contribution in [0.1, 0.15) is 51.2 Å². The molecule has 2 atom stereocenters. The summed E-state index contributed by atoms with van der Waals surface area (Å²) in [5.41, 5.74) is 0.945. The van der Waals surface area contributed by atoms with Crippen LogP contribution >= 0.6 is 0 Å². The summed E-state index contributed by atoms with van der Waals surface area (Å²) in [6.45, 7) is 6.15. The van der Waals surface area contributed by atoms with Gasteiger partial charge in [0.15, 0.2) is 0 Å². The van der Waals surface area contributed by atoms with Crippen molar-refractivity contribution in [2.75, 3.05) is 13.2 Å². The zero-order valence-corrected chi connectivity index (χ0v) is 13.2. The first kappa shape index (κ1) is 14.9. The van der Waals surface area contributed by atoms with Gasteiger partial charge in [0.05, 0.1) is 6.04 Å². The predicted octanol–water partition coefficient (Wildman–Crippen LogP) is 3.38. The standard InChI is InChI=1S/C18H27NO2/c1-13(2)11-19(14-7-3-4-8-14)16-12-21-17-10-6-5-9-15(17)18(16)20/h5-6,9-10,13-14,16,18,20H,3-4,7-8,11-12H2,1-2H3. The molecule has 0 spiro atoms. The van der Waals surface area contributed by atoms with Gasteiger partial charge < -0.3 is 9.84 Å². The van der Waals surface area contributed by atoms with Gasteiger partial charge in [-0.15, -0.1) is 0 Å². The molecule has 116 valence electrons. The summed E-state index contributed by atoms with van der Waals surface area (Å²) in [5, 5.41) is 10.8. The highest BCUT2D eigenvalue weighted by molar-refractivity contribution is 5.37. The van der Waals surface area contributed by atoms with E-state index in [1.807, 2.05) is 24.3 Å². The highest BCUT2D eigenvalue weighted by Crippen LogP contribution is 2.37. The van der Waals surface area contributed by atoms with E-state index in [9.17, 15) is 5.11 Å². The molecule has 2 unspecified atom stereocenters. The maximum atomic E-state index is 10.8. The molecule has 1 saturated carbocycles. The summed E-state index contributed by atoms with van der Waals surface area (Å²) >= 11 is 0. The highest BCUT2D eigenvalue weighted by Gasteiger charge is 2.37. The Kier molecular flexibility index (Phi) is 4.51. The van der Waals surface area contributed by atoms with E-state index in [1.54, 1.807) is 0 Å². The van der Waals surface area contributed by atoms with E-state index < -0.39 is 6.10 Å². The van der Waals surface area contributed by atoms with Crippen LogP contribution in [0.4, 0.5) is 0 Å². The van der Waals surface area contributed by atoms with Gasteiger partial charge in [0, 0.05) is 18.2 Å². The average molecular weight is 289 g/mol. The minimum absolute atomic E-state index is 0.0883. The molecule has 0 radical (unpaired) electrons. The van der Waals surface area contributed by atoms with E-state index in [4.69, 9.17) is 4.74 Å². The van der Waals surface area contributed by atoms with E-state index in [1.165, 1.54) is 25.7 Å². The summed E-state index contributed by atoms with van der Waals surface area (Å²) in [6, 6.07) is 8.60. The van der Waals surface area contributed by atoms with Gasteiger partial charge in [-0.1, -0.05) is 44.9 Å². The molecule has 0 bridgehead atoms. The summed E-state index contributed by atoms with van der Waals surface area (Å²) < 4.78 is 5.93. The largest absolute Gasteiger partial charge is 0.491 e. The molecule has 0 aromatic heterocycles. The Labute approximate surface area is 127 Å². The van der Waals surface area contributed by atoms with Crippen LogP contribution in [-0.2, 0) is 0 Å². The lowest BCUT2D eigenvalue weighted by Crippen LogP contribution is -2.51. The minimum Gasteiger partial charge on any atom is -0.491 e. The van der Waals surface area contributed by atoms with Gasteiger partial charge in [-0.25, -0.2) is 0 Å². The lowest BCUT2D eigenvalue weighted by atomic mass is 9.95. The van der Waals surface area contributed by atoms with Crippen LogP contribution in [0.3, 0.4) is 0 Å². The summed E-state index contributed by atoms with van der Waals surface area (Å²) in [5.74, 6) is 1.45. The predicted molar refractivity (Wildman–Crippen MR) is 84.5 cm³/mol. The Hall–Kier alpha value is -1.06. The van der Waals surface area contributed by atoms with Crippen molar-refractivity contribution >= 4 is 0 Å². The molecular formula is C18H27NO2. The van der Waals surface area contributed by atoms with Crippen molar-refractivity contribution in [3.8, 4) is 5.75 Å². The number of fused-ring (bicyclic) bond motifs is 1. The SMILES string of the molecule is CC(C)CN(C1CCCC1)C1COc2ccccc2C1O. The molecule has 1 heterocycles. The lowest BCUT2D eigenvalue weighted by molar-refractivity contribution is -0.0209. The van der Waals surface area contributed by atoms with Crippen molar-refractivity contribution in [2.24, 2.45) is 5.92 Å². The lowest BCUT2D eigenvalue weighted by Gasteiger charge is -2.42. The first-order valence-electron chi connectivity index (χ1n) is 8.32. The van der Waals surface area contributed by atoms with E-state index >= 15 is 0 Å². The van der Waals surface area contributed by atoms with Gasteiger partial charge in [-0.3, -0.25) is 4.90 Å². The Morgan fingerprint density at radius 3 is 2.67 bits per heavy atom. The molecular weight excluding hydrogens is 262 g/mol.